The molecule has 0 fully saturated rings. The molecule has 0 spiro atoms. The Hall–Kier alpha value is -1.02. The van der Waals surface area contributed by atoms with Crippen molar-refractivity contribution in [3.8, 4) is 0 Å². The zero-order valence-electron chi connectivity index (χ0n) is 32.7. The average Bonchev–Trinajstić information content (AvgIpc) is 3.04. The third-order valence-corrected chi connectivity index (χ3v) is 9.90. The Morgan fingerprint density at radius 1 is 0.673 bits per heavy atom. The van der Waals surface area contributed by atoms with Crippen molar-refractivity contribution in [2.24, 2.45) is 0 Å². The second-order valence-electron chi connectivity index (χ2n) is 15.0. The molecule has 0 rings (SSSR count). The molecule has 0 aliphatic rings. The molecule has 0 aliphatic heterocycles. The minimum atomic E-state index is -4.33. The van der Waals surface area contributed by atoms with Crippen LogP contribution in [0.25, 0.3) is 0 Å². The van der Waals surface area contributed by atoms with E-state index in [1.54, 1.807) is 6.08 Å². The first-order valence-corrected chi connectivity index (χ1v) is 21.7. The normalized spacial score (nSPS) is 14.8. The molecule has 49 heavy (non-hydrogen) atoms. The number of phosphoric ester groups is 1. The SMILES string of the molecule is CCCCCCC/C=C\CCCCCCCC(=O)NC(COP(=O)(O)OCC[N+](C)(C)C)C(O)/C=C/CCCCCCCCCCCCC. The van der Waals surface area contributed by atoms with Gasteiger partial charge >= 0.3 is 7.82 Å². The number of nitrogens with zero attached hydrogens (tertiary/aromatic N) is 1. The summed E-state index contributed by atoms with van der Waals surface area (Å²) in [4.78, 5) is 23.0. The van der Waals surface area contributed by atoms with Gasteiger partial charge in [-0.15, -0.1) is 0 Å². The maximum Gasteiger partial charge on any atom is 0.472 e. The number of unbranched alkanes of at least 4 members (excludes halogenated alkanes) is 21. The van der Waals surface area contributed by atoms with E-state index in [-0.39, 0.29) is 19.1 Å². The van der Waals surface area contributed by atoms with Crippen LogP contribution in [0.1, 0.15) is 174 Å². The Labute approximate surface area is 303 Å². The minimum Gasteiger partial charge on any atom is -0.387 e. The molecule has 290 valence electrons. The highest BCUT2D eigenvalue weighted by Gasteiger charge is 2.27. The van der Waals surface area contributed by atoms with E-state index in [2.05, 4.69) is 31.3 Å². The van der Waals surface area contributed by atoms with Crippen LogP contribution in [0.5, 0.6) is 0 Å². The second kappa shape index (κ2) is 32.9. The van der Waals surface area contributed by atoms with Crippen molar-refractivity contribution in [3.05, 3.63) is 24.3 Å². The molecular weight excluding hydrogens is 635 g/mol. The largest absolute Gasteiger partial charge is 0.472 e. The van der Waals surface area contributed by atoms with Gasteiger partial charge in [0.2, 0.25) is 5.91 Å². The van der Waals surface area contributed by atoms with E-state index in [4.69, 9.17) is 9.05 Å². The number of amides is 1. The van der Waals surface area contributed by atoms with Crippen LogP contribution in [0.2, 0.25) is 0 Å². The zero-order valence-corrected chi connectivity index (χ0v) is 33.6. The number of phosphoric acid groups is 1. The number of quaternary nitrogens is 1. The maximum atomic E-state index is 12.8. The highest BCUT2D eigenvalue weighted by molar-refractivity contribution is 7.47. The number of allylic oxidation sites excluding steroid dienone is 3. The molecule has 8 nitrogen and oxygen atoms in total. The summed E-state index contributed by atoms with van der Waals surface area (Å²) in [7, 11) is 1.57. The molecule has 1 amide bonds. The van der Waals surface area contributed by atoms with Crippen molar-refractivity contribution >= 4 is 13.7 Å². The lowest BCUT2D eigenvalue weighted by Gasteiger charge is -2.25. The van der Waals surface area contributed by atoms with E-state index in [0.717, 1.165) is 51.4 Å². The molecule has 0 radical (unpaired) electrons. The highest BCUT2D eigenvalue weighted by atomic mass is 31.2. The number of nitrogens with one attached hydrogen (secondary N) is 1. The summed E-state index contributed by atoms with van der Waals surface area (Å²) in [5, 5.41) is 13.8. The molecule has 0 heterocycles. The summed E-state index contributed by atoms with van der Waals surface area (Å²) in [5.41, 5.74) is 0. The molecular formula is C40H80N2O6P+. The first kappa shape index (κ1) is 48.0. The van der Waals surface area contributed by atoms with Crippen molar-refractivity contribution in [3.63, 3.8) is 0 Å². The van der Waals surface area contributed by atoms with E-state index >= 15 is 0 Å². The molecule has 0 aromatic heterocycles. The van der Waals surface area contributed by atoms with Gasteiger partial charge in [-0.25, -0.2) is 4.57 Å². The number of carbonyl (C=O) groups is 1. The van der Waals surface area contributed by atoms with Gasteiger partial charge in [0, 0.05) is 6.42 Å². The number of hydrogen-bond acceptors (Lipinski definition) is 5. The first-order valence-electron chi connectivity index (χ1n) is 20.2. The van der Waals surface area contributed by atoms with E-state index in [1.165, 1.54) is 103 Å². The summed E-state index contributed by atoms with van der Waals surface area (Å²) in [5.74, 6) is -0.188. The fourth-order valence-electron chi connectivity index (χ4n) is 5.62. The lowest BCUT2D eigenvalue weighted by Crippen LogP contribution is -2.45. The summed E-state index contributed by atoms with van der Waals surface area (Å²) >= 11 is 0. The summed E-state index contributed by atoms with van der Waals surface area (Å²) in [6.07, 6.45) is 36.6. The number of rotatable bonds is 36. The highest BCUT2D eigenvalue weighted by Crippen LogP contribution is 2.43. The minimum absolute atomic E-state index is 0.0606. The van der Waals surface area contributed by atoms with Crippen molar-refractivity contribution < 1.29 is 32.9 Å². The van der Waals surface area contributed by atoms with E-state index in [9.17, 15) is 19.4 Å². The fraction of sp³-hybridized carbons (Fsp3) is 0.875. The Bertz CT molecular complexity index is 860. The molecule has 3 unspecified atom stereocenters. The van der Waals surface area contributed by atoms with Crippen LogP contribution in [0.4, 0.5) is 0 Å². The van der Waals surface area contributed by atoms with Gasteiger partial charge in [0.1, 0.15) is 13.2 Å². The third kappa shape index (κ3) is 35.2. The van der Waals surface area contributed by atoms with Crippen LogP contribution in [0.15, 0.2) is 24.3 Å². The number of aliphatic hydroxyl groups is 1. The van der Waals surface area contributed by atoms with Crippen LogP contribution >= 0.6 is 7.82 Å². The Morgan fingerprint density at radius 2 is 1.10 bits per heavy atom. The molecule has 0 saturated heterocycles. The molecule has 3 atom stereocenters. The zero-order chi connectivity index (χ0) is 36.5. The Balaban J connectivity index is 4.52. The predicted octanol–water partition coefficient (Wildman–Crippen LogP) is 10.6. The van der Waals surface area contributed by atoms with Gasteiger partial charge in [0.05, 0.1) is 39.9 Å². The van der Waals surface area contributed by atoms with Crippen LogP contribution in [-0.2, 0) is 18.4 Å². The maximum absolute atomic E-state index is 12.8. The van der Waals surface area contributed by atoms with Crippen LogP contribution < -0.4 is 5.32 Å². The van der Waals surface area contributed by atoms with Crippen molar-refractivity contribution in [1.29, 1.82) is 0 Å². The first-order chi connectivity index (χ1) is 23.5. The van der Waals surface area contributed by atoms with Crippen LogP contribution in [0, 0.1) is 0 Å². The van der Waals surface area contributed by atoms with Crippen molar-refractivity contribution in [2.45, 2.75) is 187 Å². The Kier molecular flexibility index (Phi) is 32.2. The number of likely N-dealkylation sites (N-methyl/N-ethyl adjacent to an activating group) is 1. The quantitative estimate of drug-likeness (QED) is 0.0258. The topological polar surface area (TPSA) is 105 Å². The molecule has 0 saturated carbocycles. The van der Waals surface area contributed by atoms with Gasteiger partial charge in [-0.3, -0.25) is 13.8 Å². The lowest BCUT2D eigenvalue weighted by atomic mass is 10.0. The van der Waals surface area contributed by atoms with Crippen molar-refractivity contribution in [2.75, 3.05) is 40.9 Å². The van der Waals surface area contributed by atoms with Gasteiger partial charge in [-0.1, -0.05) is 147 Å². The summed E-state index contributed by atoms with van der Waals surface area (Å²) in [6.45, 7) is 4.78. The standard InChI is InChI=1S/C40H79N2O6P/c1-6-8-10-12-14-16-18-20-22-24-26-28-30-32-34-40(44)41-38(37-48-49(45,46)47-36-35-42(3,4)5)39(43)33-31-29-27-25-23-21-19-17-15-13-11-9-7-2/h18,20,31,33,38-39,43H,6-17,19,21-30,32,34-37H2,1-5H3,(H-,41,44,45,46)/p+1/b20-18-,33-31+. The van der Waals surface area contributed by atoms with Gasteiger partial charge in [-0.05, 0) is 44.9 Å². The molecule has 0 aromatic carbocycles. The average molecular weight is 716 g/mol. The van der Waals surface area contributed by atoms with Gasteiger partial charge in [0.25, 0.3) is 0 Å². The lowest BCUT2D eigenvalue weighted by molar-refractivity contribution is -0.870. The number of carbonyl (C=O) groups excluding carboxylic acids is 1. The number of aliphatic hydroxyl groups excluding tert-OH is 1. The van der Waals surface area contributed by atoms with Gasteiger partial charge in [0.15, 0.2) is 0 Å². The van der Waals surface area contributed by atoms with Crippen LogP contribution in [0.3, 0.4) is 0 Å². The second-order valence-corrected chi connectivity index (χ2v) is 16.5. The van der Waals surface area contributed by atoms with E-state index in [1.807, 2.05) is 27.2 Å². The molecule has 0 aliphatic carbocycles. The molecule has 3 N–H and O–H groups in total. The molecule has 9 heteroatoms. The molecule has 0 bridgehead atoms. The molecule has 0 aromatic rings. The summed E-state index contributed by atoms with van der Waals surface area (Å²) < 4.78 is 23.5. The number of hydrogen-bond donors (Lipinski definition) is 3. The van der Waals surface area contributed by atoms with Gasteiger partial charge in [-0.2, -0.15) is 0 Å². The monoisotopic (exact) mass is 716 g/mol. The summed E-state index contributed by atoms with van der Waals surface area (Å²) in [6, 6.07) is -0.845. The fourth-order valence-corrected chi connectivity index (χ4v) is 6.36. The predicted molar refractivity (Wildman–Crippen MR) is 208 cm³/mol. The van der Waals surface area contributed by atoms with Crippen molar-refractivity contribution in [1.82, 2.24) is 5.32 Å². The third-order valence-electron chi connectivity index (χ3n) is 8.92. The van der Waals surface area contributed by atoms with Gasteiger partial charge < -0.3 is 19.8 Å². The van der Waals surface area contributed by atoms with E-state index in [0.29, 0.717) is 17.4 Å². The van der Waals surface area contributed by atoms with Crippen LogP contribution in [-0.4, -0.2) is 73.4 Å². The Morgan fingerprint density at radius 3 is 1.57 bits per heavy atom. The smallest absolute Gasteiger partial charge is 0.387 e. The van der Waals surface area contributed by atoms with E-state index < -0.39 is 20.0 Å².